The number of rotatable bonds is 1. The van der Waals surface area contributed by atoms with Crippen LogP contribution in [0.2, 0.25) is 0 Å². The van der Waals surface area contributed by atoms with Gasteiger partial charge in [-0.3, -0.25) is 0 Å². The Kier molecular flexibility index (Phi) is 4.62. The van der Waals surface area contributed by atoms with Crippen LogP contribution in [0.4, 0.5) is 52.7 Å². The first-order valence-corrected chi connectivity index (χ1v) is 8.15. The molecule has 0 saturated carbocycles. The van der Waals surface area contributed by atoms with E-state index < -0.39 is 56.9 Å². The van der Waals surface area contributed by atoms with Gasteiger partial charge in [0.2, 0.25) is 0 Å². The van der Waals surface area contributed by atoms with E-state index in [9.17, 15) is 52.7 Å². The van der Waals surface area contributed by atoms with E-state index in [1.54, 1.807) is 0 Å². The maximum atomic E-state index is 13.3. The summed E-state index contributed by atoms with van der Waals surface area (Å²) < 4.78 is 179. The molecule has 2 heterocycles. The van der Waals surface area contributed by atoms with E-state index in [-0.39, 0.29) is 7.11 Å². The molecule has 0 unspecified atom stereocenters. The molecule has 0 bridgehead atoms. The molecule has 0 atom stereocenters. The fourth-order valence-electron chi connectivity index (χ4n) is 2.62. The first kappa shape index (κ1) is 22.7. The van der Waals surface area contributed by atoms with Crippen LogP contribution < -0.4 is 0 Å². The van der Waals surface area contributed by atoms with E-state index in [1.165, 1.54) is 0 Å². The Morgan fingerprint density at radius 3 is 1.07 bits per heavy atom. The average Bonchev–Trinajstić information content (AvgIpc) is 2.97. The van der Waals surface area contributed by atoms with Crippen LogP contribution in [0.15, 0.2) is 0 Å². The van der Waals surface area contributed by atoms with Crippen LogP contribution in [0.5, 0.6) is 0 Å². The summed E-state index contributed by atoms with van der Waals surface area (Å²) in [5.74, 6) is 0. The van der Waals surface area contributed by atoms with Gasteiger partial charge < -0.3 is 0 Å². The second kappa shape index (κ2) is 5.50. The summed E-state index contributed by atoms with van der Waals surface area (Å²) in [7, 11) is -6.97. The van der Waals surface area contributed by atoms with Crippen LogP contribution in [0.1, 0.15) is 0 Å². The zero-order valence-electron chi connectivity index (χ0n) is 12.4. The van der Waals surface area contributed by atoms with Gasteiger partial charge in [0.1, 0.15) is 0 Å². The van der Waals surface area contributed by atoms with Crippen LogP contribution in [0.25, 0.3) is 0 Å². The third-order valence-corrected chi connectivity index (χ3v) is 6.60. The van der Waals surface area contributed by atoms with Crippen LogP contribution in [0.3, 0.4) is 0 Å². The monoisotopic (exact) mass is 454 g/mol. The fourth-order valence-corrected chi connectivity index (χ4v) is 5.61. The predicted octanol–water partition coefficient (Wildman–Crippen LogP) is 4.58. The minimum absolute atomic E-state index is 0.115. The van der Waals surface area contributed by atoms with Gasteiger partial charge in [-0.25, -0.2) is 0 Å². The maximum absolute atomic E-state index is 13.3. The zero-order chi connectivity index (χ0) is 21.4. The summed E-state index contributed by atoms with van der Waals surface area (Å²) in [5.41, 5.74) is -14.0. The summed E-state index contributed by atoms with van der Waals surface area (Å²) in [6, 6.07) is 0. The van der Waals surface area contributed by atoms with Crippen molar-refractivity contribution in [2.45, 2.75) is 35.9 Å². The standard InChI is InChI=1S/C9H7F12O5P/c1-22-27(23-2-3-24-27)25-4(6(10,11)12,7(13,14)15)5(26-27,8(16,17)18)9(19,20)21/h2-3H2,1H3. The molecule has 0 aromatic carbocycles. The fraction of sp³-hybridized carbons (Fsp3) is 1.00. The Morgan fingerprint density at radius 1 is 0.630 bits per heavy atom. The van der Waals surface area contributed by atoms with E-state index in [0.29, 0.717) is 0 Å². The Labute approximate surface area is 140 Å². The van der Waals surface area contributed by atoms with Gasteiger partial charge in [0, 0.05) is 0 Å². The molecule has 27 heavy (non-hydrogen) atoms. The molecule has 5 nitrogen and oxygen atoms in total. The number of hydrogen-bond donors (Lipinski definition) is 0. The molecule has 2 rings (SSSR count). The summed E-state index contributed by atoms with van der Waals surface area (Å²) in [6.45, 7) is -2.13. The second-order valence-corrected chi connectivity index (χ2v) is 7.87. The quantitative estimate of drug-likeness (QED) is 0.429. The van der Waals surface area contributed by atoms with Crippen molar-refractivity contribution in [3.05, 3.63) is 0 Å². The molecule has 0 radical (unpaired) electrons. The number of halogens is 12. The molecule has 0 aromatic heterocycles. The summed E-state index contributed by atoms with van der Waals surface area (Å²) >= 11 is 0. The molecule has 18 heteroatoms. The summed E-state index contributed by atoms with van der Waals surface area (Å²) in [5, 5.41) is 0. The number of alkyl halides is 12. The second-order valence-electron chi connectivity index (χ2n) is 5.13. The van der Waals surface area contributed by atoms with E-state index in [0.717, 1.165) is 0 Å². The van der Waals surface area contributed by atoms with Gasteiger partial charge in [0.25, 0.3) is 0 Å². The minimum atomic E-state index is -7.36. The SMILES string of the molecule is COP12(OCCO1)OC(C(F)(F)F)(C(F)(F)F)C(C(F)(F)F)(C(F)(F)F)O2. The van der Waals surface area contributed by atoms with Crippen LogP contribution in [0, 0.1) is 0 Å². The van der Waals surface area contributed by atoms with E-state index >= 15 is 0 Å². The third-order valence-electron chi connectivity index (χ3n) is 3.65. The Morgan fingerprint density at radius 2 is 0.889 bits per heavy atom. The molecule has 0 aliphatic carbocycles. The third kappa shape index (κ3) is 2.58. The van der Waals surface area contributed by atoms with Gasteiger partial charge in [-0.15, -0.1) is 0 Å². The average molecular weight is 454 g/mol. The Hall–Kier alpha value is -0.610. The van der Waals surface area contributed by atoms with E-state index in [2.05, 4.69) is 22.6 Å². The summed E-state index contributed by atoms with van der Waals surface area (Å²) in [4.78, 5) is 0. The van der Waals surface area contributed by atoms with Gasteiger partial charge in [-0.1, -0.05) is 0 Å². The van der Waals surface area contributed by atoms with Gasteiger partial charge in [-0.05, 0) is 0 Å². The topological polar surface area (TPSA) is 46.2 Å². The van der Waals surface area contributed by atoms with Crippen LogP contribution in [-0.2, 0) is 22.6 Å². The molecule has 0 N–H and O–H groups in total. The van der Waals surface area contributed by atoms with Crippen molar-refractivity contribution in [1.29, 1.82) is 0 Å². The van der Waals surface area contributed by atoms with E-state index in [1.807, 2.05) is 0 Å². The van der Waals surface area contributed by atoms with Crippen LogP contribution >= 0.6 is 7.74 Å². The number of hydrogen-bond acceptors (Lipinski definition) is 5. The molecular weight excluding hydrogens is 447 g/mol. The predicted molar refractivity (Wildman–Crippen MR) is 57.7 cm³/mol. The molecule has 2 aliphatic heterocycles. The Bertz CT molecular complexity index is 528. The first-order chi connectivity index (χ1) is 11.7. The van der Waals surface area contributed by atoms with Crippen molar-refractivity contribution in [2.75, 3.05) is 20.3 Å². The van der Waals surface area contributed by atoms with Gasteiger partial charge >= 0.3 is 139 Å². The molecule has 1 spiro atoms. The van der Waals surface area contributed by atoms with Crippen molar-refractivity contribution < 1.29 is 75.3 Å². The molecule has 0 amide bonds. The van der Waals surface area contributed by atoms with Crippen molar-refractivity contribution in [1.82, 2.24) is 0 Å². The van der Waals surface area contributed by atoms with Crippen LogP contribution in [-0.4, -0.2) is 56.2 Å². The molecule has 2 fully saturated rings. The molecule has 162 valence electrons. The van der Waals surface area contributed by atoms with Gasteiger partial charge in [0.05, 0.1) is 0 Å². The van der Waals surface area contributed by atoms with Crippen molar-refractivity contribution in [3.63, 3.8) is 0 Å². The molecule has 0 aromatic rings. The van der Waals surface area contributed by atoms with Crippen molar-refractivity contribution in [2.24, 2.45) is 0 Å². The van der Waals surface area contributed by atoms with Crippen molar-refractivity contribution >= 4 is 7.74 Å². The normalized spacial score (nSPS) is 28.9. The summed E-state index contributed by atoms with van der Waals surface area (Å²) in [6.07, 6.45) is -29.4. The van der Waals surface area contributed by atoms with E-state index in [4.69, 9.17) is 0 Å². The molecule has 2 saturated heterocycles. The molecular formula is C9H7F12O5P. The molecule has 2 aliphatic rings. The van der Waals surface area contributed by atoms with Gasteiger partial charge in [-0.2, -0.15) is 0 Å². The first-order valence-electron chi connectivity index (χ1n) is 6.32. The zero-order valence-corrected chi connectivity index (χ0v) is 13.3. The van der Waals surface area contributed by atoms with Crippen molar-refractivity contribution in [3.8, 4) is 0 Å². The van der Waals surface area contributed by atoms with Gasteiger partial charge in [0.15, 0.2) is 0 Å². The Balaban J connectivity index is 3.06.